The Kier molecular flexibility index (Phi) is 6.77. The Labute approximate surface area is 129 Å². The highest BCUT2D eigenvalue weighted by atomic mass is 32.1. The summed E-state index contributed by atoms with van der Waals surface area (Å²) in [5.41, 5.74) is 0.830. The van der Waals surface area contributed by atoms with Gasteiger partial charge in [-0.2, -0.15) is 0 Å². The van der Waals surface area contributed by atoms with E-state index in [-0.39, 0.29) is 23.8 Å². The van der Waals surface area contributed by atoms with Gasteiger partial charge in [0.25, 0.3) is 0 Å². The van der Waals surface area contributed by atoms with Crippen LogP contribution < -0.4 is 5.32 Å². The van der Waals surface area contributed by atoms with Gasteiger partial charge in [-0.3, -0.25) is 14.9 Å². The number of carbonyl (C=O) groups excluding carboxylic acids is 2. The van der Waals surface area contributed by atoms with Gasteiger partial charge < -0.3 is 9.64 Å². The number of hydrogen-bond donors (Lipinski definition) is 1. The largest absolute Gasteiger partial charge is 0.468 e. The quantitative estimate of drug-likeness (QED) is 0.762. The van der Waals surface area contributed by atoms with Crippen LogP contribution in [0.25, 0.3) is 0 Å². The molecule has 6 nitrogen and oxygen atoms in total. The fourth-order valence-electron chi connectivity index (χ4n) is 1.73. The molecule has 0 fully saturated rings. The number of nitrogens with zero attached hydrogens (tertiary/aromatic N) is 2. The second kappa shape index (κ2) is 8.09. The van der Waals surface area contributed by atoms with Crippen LogP contribution in [0.3, 0.4) is 0 Å². The van der Waals surface area contributed by atoms with Gasteiger partial charge in [0.2, 0.25) is 5.91 Å². The Morgan fingerprint density at radius 3 is 2.62 bits per heavy atom. The fraction of sp³-hybridized carbons (Fsp3) is 0.643. The summed E-state index contributed by atoms with van der Waals surface area (Å²) in [7, 11) is 4.83. The van der Waals surface area contributed by atoms with Crippen molar-refractivity contribution in [1.82, 2.24) is 15.2 Å². The van der Waals surface area contributed by atoms with E-state index in [1.165, 1.54) is 18.4 Å². The maximum absolute atomic E-state index is 11.6. The van der Waals surface area contributed by atoms with Crippen molar-refractivity contribution in [2.45, 2.75) is 32.9 Å². The van der Waals surface area contributed by atoms with Crippen molar-refractivity contribution in [3.63, 3.8) is 0 Å². The van der Waals surface area contributed by atoms with Gasteiger partial charge in [-0.05, 0) is 5.92 Å². The molecular weight excluding hydrogens is 290 g/mol. The van der Waals surface area contributed by atoms with E-state index in [0.29, 0.717) is 13.0 Å². The van der Waals surface area contributed by atoms with Crippen LogP contribution in [-0.2, 0) is 27.3 Å². The van der Waals surface area contributed by atoms with Crippen LogP contribution in [0.1, 0.15) is 24.5 Å². The molecule has 1 amide bonds. The highest BCUT2D eigenvalue weighted by Gasteiger charge is 2.22. The monoisotopic (exact) mass is 313 g/mol. The standard InChI is InChI=1S/C14H23N3O3S/c1-9(2)13(14(19)20-5)15-7-10-8-21-11(16-10)6-12(18)17(3)4/h8-9,13,15H,6-7H2,1-5H3. The zero-order valence-corrected chi connectivity index (χ0v) is 14.0. The summed E-state index contributed by atoms with van der Waals surface area (Å²) in [5, 5.41) is 5.83. The van der Waals surface area contributed by atoms with Crippen LogP contribution in [0.4, 0.5) is 0 Å². The van der Waals surface area contributed by atoms with Crippen molar-refractivity contribution < 1.29 is 14.3 Å². The molecule has 1 aromatic rings. The summed E-state index contributed by atoms with van der Waals surface area (Å²) in [6.45, 7) is 4.39. The predicted octanol–water partition coefficient (Wildman–Crippen LogP) is 1.06. The first-order chi connectivity index (χ1) is 9.85. The molecule has 1 aromatic heterocycles. The van der Waals surface area contributed by atoms with Gasteiger partial charge in [-0.1, -0.05) is 13.8 Å². The summed E-state index contributed by atoms with van der Waals surface area (Å²) in [6.07, 6.45) is 0.308. The molecule has 1 N–H and O–H groups in total. The van der Waals surface area contributed by atoms with E-state index in [9.17, 15) is 9.59 Å². The first kappa shape index (κ1) is 17.6. The highest BCUT2D eigenvalue weighted by Crippen LogP contribution is 2.12. The normalized spacial score (nSPS) is 12.3. The molecule has 0 saturated carbocycles. The molecule has 1 unspecified atom stereocenters. The lowest BCUT2D eigenvalue weighted by atomic mass is 10.0. The molecule has 0 aliphatic heterocycles. The van der Waals surface area contributed by atoms with Gasteiger partial charge in [-0.15, -0.1) is 11.3 Å². The molecule has 21 heavy (non-hydrogen) atoms. The number of ether oxygens (including phenoxy) is 1. The van der Waals surface area contributed by atoms with Gasteiger partial charge in [0.05, 0.1) is 19.2 Å². The molecule has 0 aliphatic carbocycles. The van der Waals surface area contributed by atoms with E-state index in [4.69, 9.17) is 4.74 Å². The SMILES string of the molecule is COC(=O)C(NCc1csc(CC(=O)N(C)C)n1)C(C)C. The van der Waals surface area contributed by atoms with Crippen LogP contribution in [-0.4, -0.2) is 49.0 Å². The van der Waals surface area contributed by atoms with Crippen molar-refractivity contribution in [2.24, 2.45) is 5.92 Å². The van der Waals surface area contributed by atoms with Crippen LogP contribution in [0.5, 0.6) is 0 Å². The van der Waals surface area contributed by atoms with Crippen molar-refractivity contribution >= 4 is 23.2 Å². The molecule has 1 rings (SSSR count). The topological polar surface area (TPSA) is 71.5 Å². The van der Waals surface area contributed by atoms with E-state index in [0.717, 1.165) is 10.7 Å². The van der Waals surface area contributed by atoms with Crippen LogP contribution >= 0.6 is 11.3 Å². The Hall–Kier alpha value is -1.47. The molecule has 7 heteroatoms. The third-order valence-corrected chi connectivity index (χ3v) is 3.92. The van der Waals surface area contributed by atoms with Gasteiger partial charge in [0.15, 0.2) is 0 Å². The van der Waals surface area contributed by atoms with Gasteiger partial charge >= 0.3 is 5.97 Å². The molecule has 0 aliphatic rings. The molecule has 1 atom stereocenters. The van der Waals surface area contributed by atoms with Gasteiger partial charge in [0.1, 0.15) is 11.0 Å². The maximum atomic E-state index is 11.6. The van der Waals surface area contributed by atoms with Crippen LogP contribution in [0.15, 0.2) is 5.38 Å². The lowest BCUT2D eigenvalue weighted by molar-refractivity contribution is -0.144. The number of amides is 1. The first-order valence-corrected chi connectivity index (χ1v) is 7.67. The first-order valence-electron chi connectivity index (χ1n) is 6.79. The highest BCUT2D eigenvalue weighted by molar-refractivity contribution is 7.09. The lowest BCUT2D eigenvalue weighted by Gasteiger charge is -2.19. The van der Waals surface area contributed by atoms with Crippen molar-refractivity contribution in [1.29, 1.82) is 0 Å². The number of carbonyl (C=O) groups is 2. The summed E-state index contributed by atoms with van der Waals surface area (Å²) in [5.74, 6) is -0.118. The minimum atomic E-state index is -0.358. The zero-order chi connectivity index (χ0) is 16.0. The molecule has 0 saturated heterocycles. The van der Waals surface area contributed by atoms with Gasteiger partial charge in [-0.25, -0.2) is 4.98 Å². The van der Waals surface area contributed by atoms with E-state index in [1.807, 2.05) is 19.2 Å². The summed E-state index contributed by atoms with van der Waals surface area (Å²) in [4.78, 5) is 29.2. The average Bonchev–Trinajstić information content (AvgIpc) is 2.85. The van der Waals surface area contributed by atoms with E-state index in [1.54, 1.807) is 19.0 Å². The summed E-state index contributed by atoms with van der Waals surface area (Å²) >= 11 is 1.45. The number of methoxy groups -OCH3 is 1. The third-order valence-electron chi connectivity index (χ3n) is 3.03. The van der Waals surface area contributed by atoms with Crippen LogP contribution in [0.2, 0.25) is 0 Å². The van der Waals surface area contributed by atoms with Crippen molar-refractivity contribution in [3.05, 3.63) is 16.1 Å². The Bertz CT molecular complexity index is 486. The number of nitrogens with one attached hydrogen (secondary N) is 1. The Morgan fingerprint density at radius 2 is 2.10 bits per heavy atom. The molecule has 118 valence electrons. The number of likely N-dealkylation sites (N-methyl/N-ethyl adjacent to an activating group) is 1. The molecule has 0 bridgehead atoms. The number of aromatic nitrogens is 1. The van der Waals surface area contributed by atoms with E-state index >= 15 is 0 Å². The number of thiazole rings is 1. The minimum absolute atomic E-state index is 0.0264. The van der Waals surface area contributed by atoms with Crippen LogP contribution in [0, 0.1) is 5.92 Å². The number of hydrogen-bond acceptors (Lipinski definition) is 6. The number of esters is 1. The summed E-state index contributed by atoms with van der Waals surface area (Å²) in [6, 6.07) is -0.358. The lowest BCUT2D eigenvalue weighted by Crippen LogP contribution is -2.41. The molecule has 1 heterocycles. The summed E-state index contributed by atoms with van der Waals surface area (Å²) < 4.78 is 4.78. The maximum Gasteiger partial charge on any atom is 0.323 e. The fourth-order valence-corrected chi connectivity index (χ4v) is 2.52. The van der Waals surface area contributed by atoms with Crippen molar-refractivity contribution in [2.75, 3.05) is 21.2 Å². The predicted molar refractivity (Wildman–Crippen MR) is 82.0 cm³/mol. The van der Waals surface area contributed by atoms with E-state index < -0.39 is 0 Å². The Morgan fingerprint density at radius 1 is 1.43 bits per heavy atom. The number of rotatable bonds is 7. The molecule has 0 spiro atoms. The van der Waals surface area contributed by atoms with Gasteiger partial charge in [0, 0.05) is 26.0 Å². The average molecular weight is 313 g/mol. The second-order valence-corrected chi connectivity index (χ2v) is 6.27. The van der Waals surface area contributed by atoms with E-state index in [2.05, 4.69) is 10.3 Å². The van der Waals surface area contributed by atoms with Crippen molar-refractivity contribution in [3.8, 4) is 0 Å². The minimum Gasteiger partial charge on any atom is -0.468 e. The zero-order valence-electron chi connectivity index (χ0n) is 13.2. The molecule has 0 radical (unpaired) electrons. The Balaban J connectivity index is 2.58. The molecular formula is C14H23N3O3S. The molecule has 0 aromatic carbocycles. The third kappa shape index (κ3) is 5.43. The second-order valence-electron chi connectivity index (χ2n) is 5.32. The smallest absolute Gasteiger partial charge is 0.323 e.